The Balaban J connectivity index is 1.50. The third kappa shape index (κ3) is 3.55. The SMILES string of the molecule is COC(=O)c1cccc(S(=O)(=O)N2CCC(c3nc4ccccc4s3)CC2)c1. The van der Waals surface area contributed by atoms with Crippen LogP contribution >= 0.6 is 11.3 Å². The second kappa shape index (κ2) is 7.62. The normalized spacial score (nSPS) is 16.3. The Kier molecular flexibility index (Phi) is 5.18. The lowest BCUT2D eigenvalue weighted by Crippen LogP contribution is -2.37. The van der Waals surface area contributed by atoms with Gasteiger partial charge in [0.25, 0.3) is 0 Å². The highest BCUT2D eigenvalue weighted by atomic mass is 32.2. The van der Waals surface area contributed by atoms with E-state index < -0.39 is 16.0 Å². The number of para-hydroxylation sites is 1. The third-order valence-corrected chi connectivity index (χ3v) is 8.10. The van der Waals surface area contributed by atoms with Crippen LogP contribution in [0.5, 0.6) is 0 Å². The number of piperidine rings is 1. The van der Waals surface area contributed by atoms with Crippen molar-refractivity contribution in [3.8, 4) is 0 Å². The second-order valence-electron chi connectivity index (χ2n) is 6.72. The van der Waals surface area contributed by atoms with Crippen LogP contribution in [0.3, 0.4) is 0 Å². The van der Waals surface area contributed by atoms with Crippen LogP contribution in [0.2, 0.25) is 0 Å². The summed E-state index contributed by atoms with van der Waals surface area (Å²) < 4.78 is 33.3. The molecule has 2 aromatic carbocycles. The van der Waals surface area contributed by atoms with Crippen molar-refractivity contribution in [2.45, 2.75) is 23.7 Å². The maximum atomic E-state index is 13.0. The van der Waals surface area contributed by atoms with Gasteiger partial charge in [0, 0.05) is 19.0 Å². The molecule has 3 aromatic rings. The average Bonchev–Trinajstić information content (AvgIpc) is 3.17. The van der Waals surface area contributed by atoms with E-state index >= 15 is 0 Å². The number of carbonyl (C=O) groups excluding carboxylic acids is 1. The molecule has 0 atom stereocenters. The van der Waals surface area contributed by atoms with E-state index in [-0.39, 0.29) is 16.4 Å². The van der Waals surface area contributed by atoms with Gasteiger partial charge in [-0.1, -0.05) is 18.2 Å². The number of carbonyl (C=O) groups is 1. The predicted octanol–water partition coefficient (Wildman–Crippen LogP) is 3.65. The van der Waals surface area contributed by atoms with E-state index in [4.69, 9.17) is 4.98 Å². The van der Waals surface area contributed by atoms with Crippen molar-refractivity contribution < 1.29 is 17.9 Å². The van der Waals surface area contributed by atoms with Crippen LogP contribution in [0.4, 0.5) is 0 Å². The molecule has 28 heavy (non-hydrogen) atoms. The van der Waals surface area contributed by atoms with Gasteiger partial charge in [-0.15, -0.1) is 11.3 Å². The average molecular weight is 417 g/mol. The number of hydrogen-bond donors (Lipinski definition) is 0. The standard InChI is InChI=1S/C20H20N2O4S2/c1-26-20(23)15-5-4-6-16(13-15)28(24,25)22-11-9-14(10-12-22)19-21-17-7-2-3-8-18(17)27-19/h2-8,13-14H,9-12H2,1H3. The molecule has 0 bridgehead atoms. The Labute approximate surface area is 167 Å². The number of thiazole rings is 1. The molecule has 1 saturated heterocycles. The van der Waals surface area contributed by atoms with E-state index in [2.05, 4.69) is 10.8 Å². The van der Waals surface area contributed by atoms with Crippen molar-refractivity contribution in [1.29, 1.82) is 0 Å². The minimum Gasteiger partial charge on any atom is -0.465 e. The lowest BCUT2D eigenvalue weighted by Gasteiger charge is -2.30. The molecule has 0 aliphatic carbocycles. The zero-order valence-corrected chi connectivity index (χ0v) is 17.0. The van der Waals surface area contributed by atoms with Gasteiger partial charge in [0.15, 0.2) is 0 Å². The number of ether oxygens (including phenoxy) is 1. The molecule has 0 saturated carbocycles. The molecule has 4 rings (SSSR count). The molecule has 1 aliphatic heterocycles. The van der Waals surface area contributed by atoms with Crippen molar-refractivity contribution in [2.24, 2.45) is 0 Å². The molecule has 0 unspecified atom stereocenters. The summed E-state index contributed by atoms with van der Waals surface area (Å²) in [4.78, 5) is 16.5. The molecule has 6 nitrogen and oxygen atoms in total. The minimum absolute atomic E-state index is 0.119. The first kappa shape index (κ1) is 19.0. The highest BCUT2D eigenvalue weighted by molar-refractivity contribution is 7.89. The molecular formula is C20H20N2O4S2. The summed E-state index contributed by atoms with van der Waals surface area (Å²) in [5, 5.41) is 1.07. The number of nitrogens with zero attached hydrogens (tertiary/aromatic N) is 2. The monoisotopic (exact) mass is 416 g/mol. The van der Waals surface area contributed by atoms with Crippen molar-refractivity contribution >= 4 is 37.5 Å². The number of fused-ring (bicyclic) bond motifs is 1. The van der Waals surface area contributed by atoms with E-state index in [9.17, 15) is 13.2 Å². The van der Waals surface area contributed by atoms with Crippen LogP contribution in [0, 0.1) is 0 Å². The molecule has 0 radical (unpaired) electrons. The molecule has 0 N–H and O–H groups in total. The van der Waals surface area contributed by atoms with E-state index in [1.165, 1.54) is 23.5 Å². The zero-order valence-electron chi connectivity index (χ0n) is 15.4. The maximum Gasteiger partial charge on any atom is 0.337 e. The lowest BCUT2D eigenvalue weighted by atomic mass is 9.99. The van der Waals surface area contributed by atoms with E-state index in [0.717, 1.165) is 28.1 Å². The van der Waals surface area contributed by atoms with Crippen LogP contribution < -0.4 is 0 Å². The fourth-order valence-corrected chi connectivity index (χ4v) is 6.11. The number of aromatic nitrogens is 1. The fraction of sp³-hybridized carbons (Fsp3) is 0.300. The van der Waals surface area contributed by atoms with Gasteiger partial charge >= 0.3 is 5.97 Å². The van der Waals surface area contributed by atoms with Crippen LogP contribution in [0.1, 0.15) is 34.1 Å². The third-order valence-electron chi connectivity index (χ3n) is 5.01. The van der Waals surface area contributed by atoms with Crippen LogP contribution in [-0.4, -0.2) is 43.9 Å². The summed E-state index contributed by atoms with van der Waals surface area (Å²) in [6.07, 6.45) is 1.46. The molecule has 2 heterocycles. The quantitative estimate of drug-likeness (QED) is 0.607. The van der Waals surface area contributed by atoms with Gasteiger partial charge < -0.3 is 4.74 Å². The van der Waals surface area contributed by atoms with Crippen molar-refractivity contribution in [1.82, 2.24) is 9.29 Å². The van der Waals surface area contributed by atoms with Crippen molar-refractivity contribution in [3.63, 3.8) is 0 Å². The molecule has 1 fully saturated rings. The lowest BCUT2D eigenvalue weighted by molar-refractivity contribution is 0.0600. The zero-order chi connectivity index (χ0) is 19.7. The molecule has 8 heteroatoms. The Morgan fingerprint density at radius 2 is 1.89 bits per heavy atom. The summed E-state index contributed by atoms with van der Waals surface area (Å²) >= 11 is 1.69. The summed E-state index contributed by atoms with van der Waals surface area (Å²) in [6.45, 7) is 0.872. The highest BCUT2D eigenvalue weighted by Gasteiger charge is 2.31. The van der Waals surface area contributed by atoms with Gasteiger partial charge in [0.1, 0.15) is 0 Å². The Bertz CT molecular complexity index is 1080. The smallest absolute Gasteiger partial charge is 0.337 e. The summed E-state index contributed by atoms with van der Waals surface area (Å²) in [5.41, 5.74) is 1.23. The first-order chi connectivity index (χ1) is 13.5. The van der Waals surface area contributed by atoms with Gasteiger partial charge in [-0.05, 0) is 43.2 Å². The maximum absolute atomic E-state index is 13.0. The second-order valence-corrected chi connectivity index (χ2v) is 9.72. The molecule has 0 amide bonds. The highest BCUT2D eigenvalue weighted by Crippen LogP contribution is 2.35. The van der Waals surface area contributed by atoms with E-state index in [1.807, 2.05) is 18.2 Å². The van der Waals surface area contributed by atoms with Crippen molar-refractivity contribution in [3.05, 3.63) is 59.1 Å². The Morgan fingerprint density at radius 3 is 2.61 bits per heavy atom. The van der Waals surface area contributed by atoms with E-state index in [0.29, 0.717) is 13.1 Å². The number of methoxy groups -OCH3 is 1. The first-order valence-corrected chi connectivity index (χ1v) is 11.3. The van der Waals surface area contributed by atoms with Gasteiger partial charge in [0.2, 0.25) is 10.0 Å². The molecule has 0 spiro atoms. The molecule has 146 valence electrons. The Morgan fingerprint density at radius 1 is 1.14 bits per heavy atom. The fourth-order valence-electron chi connectivity index (χ4n) is 3.46. The summed E-state index contributed by atoms with van der Waals surface area (Å²) in [5.74, 6) is -0.281. The number of rotatable bonds is 4. The van der Waals surface area contributed by atoms with Gasteiger partial charge in [-0.25, -0.2) is 18.2 Å². The van der Waals surface area contributed by atoms with Gasteiger partial charge in [-0.3, -0.25) is 0 Å². The van der Waals surface area contributed by atoms with Crippen molar-refractivity contribution in [2.75, 3.05) is 20.2 Å². The first-order valence-electron chi connectivity index (χ1n) is 9.03. The molecular weight excluding hydrogens is 396 g/mol. The summed E-state index contributed by atoms with van der Waals surface area (Å²) in [7, 11) is -2.37. The van der Waals surface area contributed by atoms with Gasteiger partial charge in [0.05, 0.1) is 32.8 Å². The van der Waals surface area contributed by atoms with Crippen LogP contribution in [0.15, 0.2) is 53.4 Å². The minimum atomic E-state index is -3.65. The largest absolute Gasteiger partial charge is 0.465 e. The topological polar surface area (TPSA) is 76.6 Å². The number of sulfonamides is 1. The number of hydrogen-bond acceptors (Lipinski definition) is 6. The van der Waals surface area contributed by atoms with Gasteiger partial charge in [-0.2, -0.15) is 4.31 Å². The molecule has 1 aliphatic rings. The number of esters is 1. The Hall–Kier alpha value is -2.29. The van der Waals surface area contributed by atoms with Crippen LogP contribution in [-0.2, 0) is 14.8 Å². The summed E-state index contributed by atoms with van der Waals surface area (Å²) in [6, 6.07) is 14.0. The van der Waals surface area contributed by atoms with E-state index in [1.54, 1.807) is 23.5 Å². The predicted molar refractivity (Wildman–Crippen MR) is 108 cm³/mol. The number of benzene rings is 2. The molecule has 1 aromatic heterocycles. The van der Waals surface area contributed by atoms with Crippen LogP contribution in [0.25, 0.3) is 10.2 Å².